The normalized spacial score (nSPS) is 24.6. The van der Waals surface area contributed by atoms with Crippen LogP contribution in [0.1, 0.15) is 83.3 Å². The monoisotopic (exact) mass is 503 g/mol. The Morgan fingerprint density at radius 1 is 1.17 bits per heavy atom. The number of aliphatic hydroxyl groups is 2. The lowest BCUT2D eigenvalue weighted by Crippen LogP contribution is -2.31. The van der Waals surface area contributed by atoms with Gasteiger partial charge in [-0.1, -0.05) is 52.2 Å². The van der Waals surface area contributed by atoms with E-state index in [1.54, 1.807) is 0 Å². The van der Waals surface area contributed by atoms with Crippen molar-refractivity contribution in [3.8, 4) is 5.75 Å². The van der Waals surface area contributed by atoms with Crippen molar-refractivity contribution in [3.05, 3.63) is 29.3 Å². The number of primary amides is 1. The topological polar surface area (TPSA) is 119 Å². The number of aliphatic hydroxyl groups excluding tert-OH is 2. The molecule has 0 heterocycles. The van der Waals surface area contributed by atoms with Crippen LogP contribution >= 0.6 is 0 Å². The highest BCUT2D eigenvalue weighted by atomic mass is 16.6. The largest absolute Gasteiger partial charge is 0.482 e. The predicted molar refractivity (Wildman–Crippen MR) is 138 cm³/mol. The molecule has 0 radical (unpaired) electrons. The Kier molecular flexibility index (Phi) is 10.6. The Morgan fingerprint density at radius 3 is 2.64 bits per heavy atom. The molecule has 2 aliphatic carbocycles. The van der Waals surface area contributed by atoms with Crippen LogP contribution in [-0.4, -0.2) is 47.0 Å². The fraction of sp³-hybridized carbons (Fsp3) is 0.724. The number of benzene rings is 1. The van der Waals surface area contributed by atoms with Crippen molar-refractivity contribution in [1.82, 2.24) is 0 Å². The third-order valence-corrected chi connectivity index (χ3v) is 8.09. The van der Waals surface area contributed by atoms with Crippen molar-refractivity contribution in [2.45, 2.75) is 103 Å². The molecular weight excluding hydrogens is 458 g/mol. The first-order chi connectivity index (χ1) is 17.2. The van der Waals surface area contributed by atoms with Crippen LogP contribution in [0.2, 0.25) is 0 Å². The summed E-state index contributed by atoms with van der Waals surface area (Å²) in [6, 6.07) is 5.94. The Balaban J connectivity index is 1.58. The molecule has 2 aliphatic rings. The van der Waals surface area contributed by atoms with Gasteiger partial charge in [0.15, 0.2) is 6.61 Å². The summed E-state index contributed by atoms with van der Waals surface area (Å²) in [5.74, 6) is 0.614. The number of carbonyl (C=O) groups excluding carboxylic acids is 2. The zero-order valence-corrected chi connectivity index (χ0v) is 22.2. The lowest BCUT2D eigenvalue weighted by atomic mass is 9.73. The fourth-order valence-electron chi connectivity index (χ4n) is 6.05. The van der Waals surface area contributed by atoms with E-state index in [1.807, 2.05) is 26.0 Å². The van der Waals surface area contributed by atoms with Crippen molar-refractivity contribution in [1.29, 1.82) is 0 Å². The lowest BCUT2D eigenvalue weighted by molar-refractivity contribution is -0.154. The van der Waals surface area contributed by atoms with E-state index in [1.165, 1.54) is 5.56 Å². The standard InChI is InChI=1S/C29H45NO6/c1-4-5-6-9-21(31)11-12-22-23-13-19-8-7-10-26(24(19)14-20(23)15-25(22)32)35-17-29(34)36-27(18(2)3)16-28(30)33/h7-8,10,18,20-23,25,27,31-32H,4-6,9,11-17H2,1-3H3,(H2,30,33)/t20-,21-,22+,23-,25+,27?/m0/s1. The van der Waals surface area contributed by atoms with E-state index in [2.05, 4.69) is 13.0 Å². The van der Waals surface area contributed by atoms with Crippen molar-refractivity contribution in [2.75, 3.05) is 6.61 Å². The van der Waals surface area contributed by atoms with Gasteiger partial charge in [-0.2, -0.15) is 0 Å². The molecule has 0 spiro atoms. The van der Waals surface area contributed by atoms with E-state index in [0.717, 1.165) is 63.4 Å². The smallest absolute Gasteiger partial charge is 0.344 e. The van der Waals surface area contributed by atoms with Gasteiger partial charge in [-0.15, -0.1) is 0 Å². The van der Waals surface area contributed by atoms with Gasteiger partial charge in [0.25, 0.3) is 0 Å². The van der Waals surface area contributed by atoms with E-state index in [9.17, 15) is 19.8 Å². The number of carbonyl (C=O) groups is 2. The number of hydrogen-bond donors (Lipinski definition) is 3. The van der Waals surface area contributed by atoms with Crippen LogP contribution in [0.15, 0.2) is 18.2 Å². The van der Waals surface area contributed by atoms with Gasteiger partial charge in [-0.3, -0.25) is 4.79 Å². The molecule has 6 atom stereocenters. The number of rotatable bonds is 14. The molecule has 3 rings (SSSR count). The number of fused-ring (bicyclic) bond motifs is 2. The minimum Gasteiger partial charge on any atom is -0.482 e. The summed E-state index contributed by atoms with van der Waals surface area (Å²) < 4.78 is 11.3. The molecule has 7 heteroatoms. The summed E-state index contributed by atoms with van der Waals surface area (Å²) in [6.07, 6.45) is 7.08. The highest BCUT2D eigenvalue weighted by Gasteiger charge is 2.44. The minimum absolute atomic E-state index is 0.00747. The summed E-state index contributed by atoms with van der Waals surface area (Å²) in [7, 11) is 0. The molecule has 1 aromatic carbocycles. The van der Waals surface area contributed by atoms with Crippen LogP contribution in [0.3, 0.4) is 0 Å². The Bertz CT molecular complexity index is 871. The summed E-state index contributed by atoms with van der Waals surface area (Å²) in [6.45, 7) is 5.69. The molecule has 1 amide bonds. The van der Waals surface area contributed by atoms with Crippen molar-refractivity contribution in [3.63, 3.8) is 0 Å². The molecule has 36 heavy (non-hydrogen) atoms. The molecular formula is C29H45NO6. The number of unbranched alkanes of at least 4 members (excludes halogenated alkanes) is 2. The van der Waals surface area contributed by atoms with Gasteiger partial charge in [0, 0.05) is 0 Å². The average Bonchev–Trinajstić information content (AvgIpc) is 3.13. The van der Waals surface area contributed by atoms with Crippen LogP contribution in [0.4, 0.5) is 0 Å². The third kappa shape index (κ3) is 7.69. The Morgan fingerprint density at radius 2 is 1.94 bits per heavy atom. The van der Waals surface area contributed by atoms with Crippen LogP contribution in [0, 0.1) is 23.7 Å². The first-order valence-electron chi connectivity index (χ1n) is 13.8. The number of hydrogen-bond acceptors (Lipinski definition) is 6. The molecule has 1 fully saturated rings. The molecule has 202 valence electrons. The molecule has 1 aromatic rings. The molecule has 0 aliphatic heterocycles. The van der Waals surface area contributed by atoms with Crippen molar-refractivity contribution in [2.24, 2.45) is 29.4 Å². The Labute approximate surface area is 215 Å². The molecule has 7 nitrogen and oxygen atoms in total. The molecule has 0 saturated heterocycles. The minimum atomic E-state index is -0.564. The number of ether oxygens (including phenoxy) is 2. The highest BCUT2D eigenvalue weighted by Crippen LogP contribution is 2.48. The summed E-state index contributed by atoms with van der Waals surface area (Å²) in [4.78, 5) is 23.7. The van der Waals surface area contributed by atoms with Crippen LogP contribution in [0.5, 0.6) is 5.75 Å². The van der Waals surface area contributed by atoms with Gasteiger partial charge in [0.05, 0.1) is 18.6 Å². The number of nitrogens with two attached hydrogens (primary N) is 1. The molecule has 4 N–H and O–H groups in total. The highest BCUT2D eigenvalue weighted by molar-refractivity contribution is 5.76. The summed E-state index contributed by atoms with van der Waals surface area (Å²) in [5.41, 5.74) is 7.59. The lowest BCUT2D eigenvalue weighted by Gasteiger charge is -2.32. The molecule has 1 saturated carbocycles. The zero-order chi connectivity index (χ0) is 26.2. The summed E-state index contributed by atoms with van der Waals surface area (Å²) >= 11 is 0. The van der Waals surface area contributed by atoms with Gasteiger partial charge in [-0.05, 0) is 79.4 Å². The fourth-order valence-corrected chi connectivity index (χ4v) is 6.05. The number of esters is 1. The van der Waals surface area contributed by atoms with E-state index in [4.69, 9.17) is 15.2 Å². The second-order valence-corrected chi connectivity index (χ2v) is 11.2. The SMILES string of the molecule is CCCCC[C@H](O)CC[C@@H]1[C@H]2Cc3cccc(OCC(=O)OC(CC(N)=O)C(C)C)c3C[C@H]2C[C@H]1O. The van der Waals surface area contributed by atoms with Crippen molar-refractivity contribution >= 4 is 11.9 Å². The van der Waals surface area contributed by atoms with E-state index < -0.39 is 18.0 Å². The summed E-state index contributed by atoms with van der Waals surface area (Å²) in [5, 5.41) is 21.2. The maximum atomic E-state index is 12.4. The average molecular weight is 504 g/mol. The van der Waals surface area contributed by atoms with Gasteiger partial charge < -0.3 is 25.4 Å². The van der Waals surface area contributed by atoms with Crippen LogP contribution in [0.25, 0.3) is 0 Å². The van der Waals surface area contributed by atoms with Crippen LogP contribution < -0.4 is 10.5 Å². The number of amides is 1. The van der Waals surface area contributed by atoms with Gasteiger partial charge in [0.2, 0.25) is 5.91 Å². The third-order valence-electron chi connectivity index (χ3n) is 8.09. The maximum absolute atomic E-state index is 12.4. The zero-order valence-electron chi connectivity index (χ0n) is 22.2. The predicted octanol–water partition coefficient (Wildman–Crippen LogP) is 3.94. The van der Waals surface area contributed by atoms with E-state index in [-0.39, 0.29) is 37.1 Å². The van der Waals surface area contributed by atoms with Gasteiger partial charge in [-0.25, -0.2) is 4.79 Å². The molecule has 0 bridgehead atoms. The first kappa shape index (κ1) is 28.5. The second kappa shape index (κ2) is 13.4. The van der Waals surface area contributed by atoms with Gasteiger partial charge >= 0.3 is 5.97 Å². The molecule has 0 aromatic heterocycles. The second-order valence-electron chi connectivity index (χ2n) is 11.2. The first-order valence-corrected chi connectivity index (χ1v) is 13.8. The van der Waals surface area contributed by atoms with E-state index in [0.29, 0.717) is 17.6 Å². The Hall–Kier alpha value is -2.12. The van der Waals surface area contributed by atoms with Crippen molar-refractivity contribution < 1.29 is 29.3 Å². The van der Waals surface area contributed by atoms with Crippen LogP contribution in [-0.2, 0) is 27.2 Å². The van der Waals surface area contributed by atoms with Gasteiger partial charge in [0.1, 0.15) is 11.9 Å². The molecule has 1 unspecified atom stereocenters. The quantitative estimate of drug-likeness (QED) is 0.261. The maximum Gasteiger partial charge on any atom is 0.344 e. The van der Waals surface area contributed by atoms with E-state index >= 15 is 0 Å².